The van der Waals surface area contributed by atoms with Crippen LogP contribution in [-0.2, 0) is 4.74 Å². The number of aliphatic hydroxyl groups excluding tert-OH is 3. The summed E-state index contributed by atoms with van der Waals surface area (Å²) in [4.78, 5) is 11.2. The van der Waals surface area contributed by atoms with Gasteiger partial charge in [-0.2, -0.15) is 0 Å². The van der Waals surface area contributed by atoms with Crippen molar-refractivity contribution in [3.8, 4) is 5.75 Å². The standard InChI is InChI=1S/C11H15NO6/c1-5-8(15)6(14)2-3-12(5)11-10(17)9(16)7(4-13)18-11/h2-3,7,9-11,13,15-17H,4H2,1H3/t7-,9-,10-,11-/m1/s1. The van der Waals surface area contributed by atoms with Gasteiger partial charge in [0.15, 0.2) is 12.0 Å². The molecule has 4 atom stereocenters. The molecule has 1 aliphatic heterocycles. The molecule has 0 bridgehead atoms. The second-order valence-corrected chi connectivity index (χ2v) is 4.25. The number of nitrogens with zero attached hydrogens (tertiary/aromatic N) is 1. The number of pyridine rings is 1. The van der Waals surface area contributed by atoms with Crippen LogP contribution < -0.4 is 5.43 Å². The Morgan fingerprint density at radius 3 is 2.61 bits per heavy atom. The van der Waals surface area contributed by atoms with Gasteiger partial charge in [-0.3, -0.25) is 4.79 Å². The smallest absolute Gasteiger partial charge is 0.223 e. The minimum atomic E-state index is -1.25. The molecule has 1 aromatic rings. The zero-order valence-corrected chi connectivity index (χ0v) is 9.72. The molecule has 0 amide bonds. The first-order valence-corrected chi connectivity index (χ1v) is 5.50. The molecule has 0 radical (unpaired) electrons. The average molecular weight is 257 g/mol. The van der Waals surface area contributed by atoms with Gasteiger partial charge in [0.2, 0.25) is 5.43 Å². The lowest BCUT2D eigenvalue weighted by atomic mass is 10.1. The summed E-state index contributed by atoms with van der Waals surface area (Å²) in [7, 11) is 0. The molecule has 4 N–H and O–H groups in total. The number of hydrogen-bond donors (Lipinski definition) is 4. The van der Waals surface area contributed by atoms with Crippen molar-refractivity contribution < 1.29 is 25.2 Å². The largest absolute Gasteiger partial charge is 0.503 e. The normalized spacial score (nSPS) is 31.8. The van der Waals surface area contributed by atoms with Gasteiger partial charge in [-0.05, 0) is 6.92 Å². The Morgan fingerprint density at radius 2 is 2.06 bits per heavy atom. The van der Waals surface area contributed by atoms with E-state index in [1.807, 2.05) is 0 Å². The van der Waals surface area contributed by atoms with Crippen molar-refractivity contribution in [1.82, 2.24) is 4.57 Å². The predicted octanol–water partition coefficient (Wildman–Crippen LogP) is -1.53. The van der Waals surface area contributed by atoms with Gasteiger partial charge in [0.1, 0.15) is 18.3 Å². The minimum absolute atomic E-state index is 0.220. The molecule has 2 rings (SSSR count). The average Bonchev–Trinajstić information content (AvgIpc) is 2.64. The van der Waals surface area contributed by atoms with Crippen molar-refractivity contribution >= 4 is 0 Å². The number of rotatable bonds is 2. The highest BCUT2D eigenvalue weighted by atomic mass is 16.6. The van der Waals surface area contributed by atoms with E-state index in [9.17, 15) is 20.1 Å². The first kappa shape index (κ1) is 13.0. The van der Waals surface area contributed by atoms with Crippen LogP contribution in [0.25, 0.3) is 0 Å². The fourth-order valence-corrected chi connectivity index (χ4v) is 2.02. The van der Waals surface area contributed by atoms with Gasteiger partial charge < -0.3 is 29.7 Å². The Balaban J connectivity index is 2.39. The van der Waals surface area contributed by atoms with Crippen LogP contribution in [0.3, 0.4) is 0 Å². The molecule has 7 nitrogen and oxygen atoms in total. The Bertz CT molecular complexity index is 499. The first-order chi connectivity index (χ1) is 8.47. The topological polar surface area (TPSA) is 112 Å². The molecule has 0 saturated carbocycles. The number of aromatic nitrogens is 1. The maximum atomic E-state index is 11.2. The second kappa shape index (κ2) is 4.69. The molecule has 1 aliphatic rings. The zero-order chi connectivity index (χ0) is 13.4. The van der Waals surface area contributed by atoms with Gasteiger partial charge in [-0.25, -0.2) is 0 Å². The highest BCUT2D eigenvalue weighted by molar-refractivity contribution is 5.25. The molecule has 100 valence electrons. The lowest BCUT2D eigenvalue weighted by Gasteiger charge is -2.21. The van der Waals surface area contributed by atoms with E-state index in [-0.39, 0.29) is 5.69 Å². The number of aromatic hydroxyl groups is 1. The maximum Gasteiger partial charge on any atom is 0.223 e. The molecule has 1 fully saturated rings. The fraction of sp³-hybridized carbons (Fsp3) is 0.545. The molecular weight excluding hydrogens is 242 g/mol. The summed E-state index contributed by atoms with van der Waals surface area (Å²) < 4.78 is 6.64. The van der Waals surface area contributed by atoms with Crippen LogP contribution in [0, 0.1) is 6.92 Å². The van der Waals surface area contributed by atoms with E-state index in [1.54, 1.807) is 0 Å². The fourth-order valence-electron chi connectivity index (χ4n) is 2.02. The van der Waals surface area contributed by atoms with Crippen LogP contribution in [0.15, 0.2) is 17.1 Å². The molecule has 2 heterocycles. The van der Waals surface area contributed by atoms with Gasteiger partial charge in [0.05, 0.1) is 12.3 Å². The maximum absolute atomic E-state index is 11.2. The van der Waals surface area contributed by atoms with Crippen LogP contribution in [0.5, 0.6) is 5.75 Å². The quantitative estimate of drug-likeness (QED) is 0.511. The Morgan fingerprint density at radius 1 is 1.39 bits per heavy atom. The molecule has 18 heavy (non-hydrogen) atoms. The molecule has 0 aliphatic carbocycles. The van der Waals surface area contributed by atoms with E-state index in [1.165, 1.54) is 17.7 Å². The van der Waals surface area contributed by atoms with Crippen LogP contribution in [0.4, 0.5) is 0 Å². The van der Waals surface area contributed by atoms with Crippen molar-refractivity contribution in [2.24, 2.45) is 0 Å². The van der Waals surface area contributed by atoms with Crippen LogP contribution in [-0.4, -0.2) is 49.9 Å². The molecule has 0 unspecified atom stereocenters. The summed E-state index contributed by atoms with van der Waals surface area (Å²) in [6.45, 7) is 1.06. The summed E-state index contributed by atoms with van der Waals surface area (Å²) in [5, 5.41) is 38.0. The lowest BCUT2D eigenvalue weighted by Crippen LogP contribution is -2.33. The van der Waals surface area contributed by atoms with Crippen molar-refractivity contribution in [3.05, 3.63) is 28.2 Å². The lowest BCUT2D eigenvalue weighted by molar-refractivity contribution is -0.0541. The number of hydrogen-bond acceptors (Lipinski definition) is 6. The minimum Gasteiger partial charge on any atom is -0.503 e. The van der Waals surface area contributed by atoms with Gasteiger partial charge in [0.25, 0.3) is 0 Å². The van der Waals surface area contributed by atoms with E-state index < -0.39 is 42.3 Å². The molecule has 1 aromatic heterocycles. The Labute approximate surface area is 102 Å². The third-order valence-corrected chi connectivity index (χ3v) is 3.14. The Kier molecular flexibility index (Phi) is 3.40. The van der Waals surface area contributed by atoms with E-state index in [2.05, 4.69) is 0 Å². The summed E-state index contributed by atoms with van der Waals surface area (Å²) in [6.07, 6.45) is -2.96. The summed E-state index contributed by atoms with van der Waals surface area (Å²) >= 11 is 0. The van der Waals surface area contributed by atoms with Crippen LogP contribution in [0.1, 0.15) is 11.9 Å². The zero-order valence-electron chi connectivity index (χ0n) is 9.72. The van der Waals surface area contributed by atoms with Crippen LogP contribution in [0.2, 0.25) is 0 Å². The third kappa shape index (κ3) is 1.91. The van der Waals surface area contributed by atoms with Gasteiger partial charge in [-0.15, -0.1) is 0 Å². The van der Waals surface area contributed by atoms with Crippen molar-refractivity contribution in [2.75, 3.05) is 6.61 Å². The van der Waals surface area contributed by atoms with Crippen molar-refractivity contribution in [3.63, 3.8) is 0 Å². The molecule has 7 heteroatoms. The van der Waals surface area contributed by atoms with E-state index in [0.29, 0.717) is 0 Å². The van der Waals surface area contributed by atoms with Crippen molar-refractivity contribution in [2.45, 2.75) is 31.5 Å². The van der Waals surface area contributed by atoms with Gasteiger partial charge in [0, 0.05) is 12.3 Å². The van der Waals surface area contributed by atoms with Gasteiger partial charge >= 0.3 is 0 Å². The first-order valence-electron chi connectivity index (χ1n) is 5.50. The van der Waals surface area contributed by atoms with E-state index in [4.69, 9.17) is 9.84 Å². The third-order valence-electron chi connectivity index (χ3n) is 3.14. The Hall–Kier alpha value is -1.41. The molecule has 0 spiro atoms. The number of ether oxygens (including phenoxy) is 1. The molecule has 1 saturated heterocycles. The SMILES string of the molecule is Cc1c(O)c(=O)ccn1[C@@H]1O[C@H](CO)[C@@H](O)[C@H]1O. The van der Waals surface area contributed by atoms with E-state index in [0.717, 1.165) is 6.07 Å². The molecular formula is C11H15NO6. The van der Waals surface area contributed by atoms with Gasteiger partial charge in [-0.1, -0.05) is 0 Å². The monoisotopic (exact) mass is 257 g/mol. The van der Waals surface area contributed by atoms with E-state index >= 15 is 0 Å². The highest BCUT2D eigenvalue weighted by Crippen LogP contribution is 2.30. The van der Waals surface area contributed by atoms with Crippen LogP contribution >= 0.6 is 0 Å². The molecule has 0 aromatic carbocycles. The highest BCUT2D eigenvalue weighted by Gasteiger charge is 2.43. The second-order valence-electron chi connectivity index (χ2n) is 4.25. The van der Waals surface area contributed by atoms with Crippen molar-refractivity contribution in [1.29, 1.82) is 0 Å². The number of aliphatic hydroxyl groups is 3. The predicted molar refractivity (Wildman–Crippen MR) is 60.1 cm³/mol. The summed E-state index contributed by atoms with van der Waals surface area (Å²) in [5.74, 6) is -0.435. The summed E-state index contributed by atoms with van der Waals surface area (Å²) in [6, 6.07) is 1.14. The summed E-state index contributed by atoms with van der Waals surface area (Å²) in [5.41, 5.74) is -0.312.